The second kappa shape index (κ2) is 23.4. The lowest BCUT2D eigenvalue weighted by atomic mass is 9.75. The van der Waals surface area contributed by atoms with Gasteiger partial charge in [0.05, 0.1) is 65.7 Å². The lowest BCUT2D eigenvalue weighted by molar-refractivity contribution is -0.334. The van der Waals surface area contributed by atoms with Crippen LogP contribution in [0.15, 0.2) is 12.1 Å². The summed E-state index contributed by atoms with van der Waals surface area (Å²) in [5.41, 5.74) is -1.48. The van der Waals surface area contributed by atoms with Crippen LogP contribution in [0.25, 0.3) is 10.8 Å². The quantitative estimate of drug-likeness (QED) is 0.111. The Morgan fingerprint density at radius 3 is 1.89 bits per heavy atom. The van der Waals surface area contributed by atoms with Crippen LogP contribution in [0, 0.1) is 18.8 Å². The second-order valence-corrected chi connectivity index (χ2v) is 21.2. The Balaban J connectivity index is 1.13. The number of aliphatic hydroxyl groups excluding tert-OH is 5. The summed E-state index contributed by atoms with van der Waals surface area (Å²) in [6.07, 6.45) is -23.1. The number of methoxy groups -OCH3 is 1. The number of esters is 2. The van der Waals surface area contributed by atoms with Gasteiger partial charge in [0.2, 0.25) is 6.29 Å². The van der Waals surface area contributed by atoms with Crippen LogP contribution in [0.3, 0.4) is 0 Å². The molecule has 0 radical (unpaired) electrons. The molecule has 1 aliphatic carbocycles. The van der Waals surface area contributed by atoms with E-state index in [4.69, 9.17) is 52.1 Å². The first kappa shape index (κ1) is 58.5. The van der Waals surface area contributed by atoms with Crippen molar-refractivity contribution in [3.63, 3.8) is 0 Å². The van der Waals surface area contributed by atoms with E-state index >= 15 is 0 Å². The summed E-state index contributed by atoms with van der Waals surface area (Å²) < 4.78 is 65.7. The van der Waals surface area contributed by atoms with Gasteiger partial charge in [0.25, 0.3) is 0 Å². The summed E-state index contributed by atoms with van der Waals surface area (Å²) in [6.45, 7) is 15.1. The summed E-state index contributed by atoms with van der Waals surface area (Å²) in [7, 11) is 1.18. The molecule has 7 rings (SSSR count). The van der Waals surface area contributed by atoms with Gasteiger partial charge in [-0.15, -0.1) is 0 Å². The molecule has 420 valence electrons. The van der Waals surface area contributed by atoms with Crippen molar-refractivity contribution < 1.29 is 112 Å². The van der Waals surface area contributed by atoms with E-state index in [1.54, 1.807) is 34.6 Å². The van der Waals surface area contributed by atoms with Gasteiger partial charge in [-0.3, -0.25) is 19.2 Å². The molecule has 5 unspecified atom stereocenters. The first-order valence-electron chi connectivity index (χ1n) is 25.5. The number of Topliss-reactive ketones (excluding diaryl/α,β-unsaturated/α-hetero) is 2. The average molecular weight is 1070 g/mol. The van der Waals surface area contributed by atoms with Crippen molar-refractivity contribution in [1.29, 1.82) is 0 Å². The number of aromatic hydroxyl groups is 2. The van der Waals surface area contributed by atoms with Gasteiger partial charge in [0.1, 0.15) is 53.4 Å². The van der Waals surface area contributed by atoms with Gasteiger partial charge in [-0.2, -0.15) is 0 Å². The average Bonchev–Trinajstić information content (AvgIpc) is 3.31. The Bertz CT molecular complexity index is 2380. The molecule has 21 atom stereocenters. The van der Waals surface area contributed by atoms with Crippen molar-refractivity contribution >= 4 is 34.3 Å². The molecule has 75 heavy (non-hydrogen) atoms. The molecule has 0 spiro atoms. The van der Waals surface area contributed by atoms with Gasteiger partial charge in [0.15, 0.2) is 42.6 Å². The normalized spacial score (nSPS) is 37.6. The SMILES string of the molecule is COC(C(=O)C(O)C(C)O)C1Cc2cc3cc(O[C@H]4C[C@@H](O)[C@@H](OC(C)=O)[C@@H](C)O4)c(C)c(O)c3c(O)c2C(=O)C1O[C@H]1C[C@@H](O[C@H]2C[C@@H](O[C@H]3C[C@](C)(O)[C@@H](OC(=O)C(C)C)[C@H](C)O3)[C@H](O)[C@@H](C)O2)[C@H](O)[C@@H](C)O1. The number of hydrogen-bond donors (Lipinski definition) is 8. The minimum Gasteiger partial charge on any atom is -0.507 e. The van der Waals surface area contributed by atoms with Crippen LogP contribution in [-0.4, -0.2) is 194 Å². The Kier molecular flexibility index (Phi) is 18.3. The molecule has 4 fully saturated rings. The van der Waals surface area contributed by atoms with E-state index in [0.717, 1.165) is 0 Å². The predicted octanol–water partition coefficient (Wildman–Crippen LogP) is 1.65. The lowest BCUT2D eigenvalue weighted by Crippen LogP contribution is -2.59. The fourth-order valence-electron chi connectivity index (χ4n) is 10.8. The summed E-state index contributed by atoms with van der Waals surface area (Å²) >= 11 is 0. The number of carbonyl (C=O) groups excluding carboxylic acids is 4. The van der Waals surface area contributed by atoms with E-state index in [2.05, 4.69) is 0 Å². The molecule has 4 heterocycles. The molecule has 8 N–H and O–H groups in total. The minimum atomic E-state index is -1.94. The molecule has 5 aliphatic rings. The van der Waals surface area contributed by atoms with Crippen LogP contribution in [-0.2, 0) is 68.2 Å². The molecule has 0 bridgehead atoms. The van der Waals surface area contributed by atoms with Crippen LogP contribution in [0.4, 0.5) is 0 Å². The molecule has 4 saturated heterocycles. The van der Waals surface area contributed by atoms with Crippen molar-refractivity contribution in [2.75, 3.05) is 7.11 Å². The number of aliphatic hydroxyl groups is 6. The van der Waals surface area contributed by atoms with Crippen LogP contribution in [0.2, 0.25) is 0 Å². The first-order valence-corrected chi connectivity index (χ1v) is 25.5. The largest absolute Gasteiger partial charge is 0.507 e. The van der Waals surface area contributed by atoms with Crippen LogP contribution < -0.4 is 4.74 Å². The fourth-order valence-corrected chi connectivity index (χ4v) is 10.8. The molecule has 23 nitrogen and oxygen atoms in total. The van der Waals surface area contributed by atoms with Gasteiger partial charge in [-0.05, 0) is 78.0 Å². The molecular weight excluding hydrogens is 993 g/mol. The van der Waals surface area contributed by atoms with E-state index in [1.165, 1.54) is 53.9 Å². The van der Waals surface area contributed by atoms with E-state index in [1.807, 2.05) is 0 Å². The van der Waals surface area contributed by atoms with Crippen LogP contribution >= 0.6 is 0 Å². The number of benzene rings is 2. The highest BCUT2D eigenvalue weighted by Crippen LogP contribution is 2.47. The third-order valence-corrected chi connectivity index (χ3v) is 14.8. The highest BCUT2D eigenvalue weighted by Gasteiger charge is 2.52. The van der Waals surface area contributed by atoms with Gasteiger partial charge in [-0.1, -0.05) is 13.8 Å². The molecule has 23 heteroatoms. The monoisotopic (exact) mass is 1070 g/mol. The van der Waals surface area contributed by atoms with E-state index in [0.29, 0.717) is 0 Å². The maximum absolute atomic E-state index is 15.0. The zero-order valence-electron chi connectivity index (χ0n) is 44.0. The third kappa shape index (κ3) is 12.4. The number of phenols is 2. The summed E-state index contributed by atoms with van der Waals surface area (Å²) in [5, 5.41) is 89.6. The molecule has 4 aliphatic heterocycles. The number of hydrogen-bond acceptors (Lipinski definition) is 23. The molecule has 0 saturated carbocycles. The molecule has 0 amide bonds. The second-order valence-electron chi connectivity index (χ2n) is 21.2. The van der Waals surface area contributed by atoms with E-state index < -0.39 is 169 Å². The topological polar surface area (TPSA) is 332 Å². The van der Waals surface area contributed by atoms with E-state index in [-0.39, 0.29) is 65.3 Å². The zero-order valence-corrected chi connectivity index (χ0v) is 44.0. The van der Waals surface area contributed by atoms with Crippen molar-refractivity contribution in [3.8, 4) is 17.2 Å². The lowest BCUT2D eigenvalue weighted by Gasteiger charge is -2.47. The number of rotatable bonds is 16. The maximum atomic E-state index is 15.0. The van der Waals surface area contributed by atoms with Crippen molar-refractivity contribution in [1.82, 2.24) is 0 Å². The number of ether oxygens (including phenoxy) is 11. The maximum Gasteiger partial charge on any atom is 0.308 e. The number of fused-ring (bicyclic) bond motifs is 2. The van der Waals surface area contributed by atoms with Crippen molar-refractivity contribution in [3.05, 3.63) is 28.8 Å². The van der Waals surface area contributed by atoms with Crippen LogP contribution in [0.1, 0.15) is 109 Å². The summed E-state index contributed by atoms with van der Waals surface area (Å²) in [5.74, 6) is -5.61. The number of phenolic OH excluding ortho intramolecular Hbond substituents is 2. The molecular formula is C52H74O23. The standard InChI is InChI=1S/C52H74O23/c1-19(2)51(63)75-50-25(8)69-37(18-52(50,10)64)73-33-16-35(66-22(5)43(33)59)72-32-17-36(67-23(6)42(32)58)74-49-29(48(65-11)46(62)41(57)21(4)53)13-27-12-28-14-31(20(3)40(56)38(28)44(60)39(27)45(49)61)71-34-15-30(55)47(24(7)68-34)70-26(9)54/h12,14,19,21-25,29-30,32-37,41-43,47-50,53,55-60,64H,13,15-18H2,1-11H3/t21?,22-,23-,24-,25+,29?,30-,32-,33-,34+,35+,36+,37+,41?,42-,43-,47+,48?,49?,50+,52+/m1/s1. The van der Waals surface area contributed by atoms with Gasteiger partial charge in [-0.25, -0.2) is 0 Å². The molecule has 0 aromatic heterocycles. The smallest absolute Gasteiger partial charge is 0.308 e. The predicted molar refractivity (Wildman–Crippen MR) is 257 cm³/mol. The third-order valence-electron chi connectivity index (χ3n) is 14.8. The Labute approximate surface area is 434 Å². The fraction of sp³-hybridized carbons (Fsp3) is 0.731. The highest BCUT2D eigenvalue weighted by atomic mass is 16.7. The number of carbonyl (C=O) groups is 4. The van der Waals surface area contributed by atoms with E-state index in [9.17, 15) is 60.0 Å². The number of ketones is 2. The Morgan fingerprint density at radius 1 is 0.773 bits per heavy atom. The zero-order chi connectivity index (χ0) is 55.3. The van der Waals surface area contributed by atoms with Crippen LogP contribution in [0.5, 0.6) is 17.2 Å². The molecule has 2 aromatic carbocycles. The summed E-state index contributed by atoms with van der Waals surface area (Å²) in [6, 6.07) is 3.01. The summed E-state index contributed by atoms with van der Waals surface area (Å²) in [4.78, 5) is 52.9. The highest BCUT2D eigenvalue weighted by molar-refractivity contribution is 6.11. The van der Waals surface area contributed by atoms with Gasteiger partial charge in [0, 0.05) is 51.2 Å². The van der Waals surface area contributed by atoms with Gasteiger partial charge < -0.3 is 93.0 Å². The first-order chi connectivity index (χ1) is 35.1. The van der Waals surface area contributed by atoms with Crippen molar-refractivity contribution in [2.45, 2.75) is 224 Å². The Morgan fingerprint density at radius 2 is 1.35 bits per heavy atom. The Hall–Kier alpha value is -4.18. The van der Waals surface area contributed by atoms with Gasteiger partial charge >= 0.3 is 11.9 Å². The molecule has 2 aromatic rings. The minimum absolute atomic E-state index is 0.0806. The van der Waals surface area contributed by atoms with Crippen molar-refractivity contribution in [2.24, 2.45) is 11.8 Å².